The van der Waals surface area contributed by atoms with Gasteiger partial charge in [0.05, 0.1) is 12.2 Å². The number of rotatable bonds is 1. The fourth-order valence-corrected chi connectivity index (χ4v) is 3.73. The summed E-state index contributed by atoms with van der Waals surface area (Å²) >= 11 is 5.16. The minimum atomic E-state index is -0.470. The summed E-state index contributed by atoms with van der Waals surface area (Å²) in [5, 5.41) is 1.01. The Kier molecular flexibility index (Phi) is 4.47. The Morgan fingerprint density at radius 1 is 1.30 bits per heavy atom. The van der Waals surface area contributed by atoms with E-state index in [1.54, 1.807) is 16.2 Å². The Balaban J connectivity index is 1.77. The molecule has 0 spiro atoms. The highest BCUT2D eigenvalue weighted by molar-refractivity contribution is 9.10. The molecule has 0 aliphatic carbocycles. The predicted molar refractivity (Wildman–Crippen MR) is 95.6 cm³/mol. The number of amides is 1. The molecule has 2 aromatic rings. The number of benzene rings is 1. The smallest absolute Gasteiger partial charge is 0.410 e. The molecule has 1 aliphatic rings. The van der Waals surface area contributed by atoms with Crippen LogP contribution < -0.4 is 0 Å². The Morgan fingerprint density at radius 2 is 2.00 bits per heavy atom. The lowest BCUT2D eigenvalue weighted by atomic mass is 10.2. The van der Waals surface area contributed by atoms with Gasteiger partial charge in [-0.25, -0.2) is 9.78 Å². The maximum atomic E-state index is 12.2. The highest BCUT2D eigenvalue weighted by Gasteiger charge is 2.27. The van der Waals surface area contributed by atoms with E-state index < -0.39 is 5.60 Å². The number of carbonyl (C=O) groups excluding carboxylic acids is 1. The number of thiazole rings is 1. The van der Waals surface area contributed by atoms with Crippen molar-refractivity contribution in [3.63, 3.8) is 0 Å². The molecule has 3 rings (SSSR count). The number of aromatic nitrogens is 1. The van der Waals surface area contributed by atoms with Crippen LogP contribution in [0.3, 0.4) is 0 Å². The van der Waals surface area contributed by atoms with Crippen LogP contribution in [0.2, 0.25) is 0 Å². The summed E-state index contributed by atoms with van der Waals surface area (Å²) in [7, 11) is 0. The van der Waals surface area contributed by atoms with Crippen LogP contribution in [0.25, 0.3) is 10.6 Å². The topological polar surface area (TPSA) is 42.4 Å². The number of carbonyl (C=O) groups is 1. The molecule has 23 heavy (non-hydrogen) atoms. The van der Waals surface area contributed by atoms with E-state index in [4.69, 9.17) is 9.72 Å². The molecular weight excluding hydrogens is 376 g/mol. The van der Waals surface area contributed by atoms with E-state index >= 15 is 0 Å². The zero-order valence-corrected chi connectivity index (χ0v) is 15.8. The summed E-state index contributed by atoms with van der Waals surface area (Å²) in [5.74, 6) is 0. The van der Waals surface area contributed by atoms with Gasteiger partial charge in [-0.3, -0.25) is 0 Å². The van der Waals surface area contributed by atoms with E-state index in [0.717, 1.165) is 27.2 Å². The second-order valence-electron chi connectivity index (χ2n) is 6.55. The van der Waals surface area contributed by atoms with Crippen LogP contribution >= 0.6 is 27.3 Å². The molecular formula is C17H19BrN2O2S. The van der Waals surface area contributed by atoms with Crippen molar-refractivity contribution in [3.8, 4) is 10.6 Å². The summed E-state index contributed by atoms with van der Waals surface area (Å²) in [6.45, 7) is 6.86. The van der Waals surface area contributed by atoms with Gasteiger partial charge in [-0.2, -0.15) is 0 Å². The third-order valence-corrected chi connectivity index (χ3v) is 5.21. The fourth-order valence-electron chi connectivity index (χ4n) is 2.40. The van der Waals surface area contributed by atoms with Gasteiger partial charge in [0, 0.05) is 27.9 Å². The maximum absolute atomic E-state index is 12.2. The van der Waals surface area contributed by atoms with Crippen molar-refractivity contribution in [1.29, 1.82) is 0 Å². The van der Waals surface area contributed by atoms with Crippen molar-refractivity contribution in [1.82, 2.24) is 9.88 Å². The molecule has 0 bridgehead atoms. The minimum absolute atomic E-state index is 0.263. The Hall–Kier alpha value is -1.40. The Morgan fingerprint density at radius 3 is 2.65 bits per heavy atom. The summed E-state index contributed by atoms with van der Waals surface area (Å²) < 4.78 is 6.51. The summed E-state index contributed by atoms with van der Waals surface area (Å²) in [4.78, 5) is 19.9. The first-order valence-electron chi connectivity index (χ1n) is 7.54. The van der Waals surface area contributed by atoms with Crippen LogP contribution in [0.15, 0.2) is 28.7 Å². The average molecular weight is 395 g/mol. The summed E-state index contributed by atoms with van der Waals surface area (Å²) in [6, 6.07) is 8.14. The van der Waals surface area contributed by atoms with E-state index in [1.807, 2.05) is 32.9 Å². The minimum Gasteiger partial charge on any atom is -0.444 e. The van der Waals surface area contributed by atoms with Crippen molar-refractivity contribution < 1.29 is 9.53 Å². The molecule has 6 heteroatoms. The lowest BCUT2D eigenvalue weighted by molar-refractivity contribution is 0.0222. The lowest BCUT2D eigenvalue weighted by Gasteiger charge is -2.29. The van der Waals surface area contributed by atoms with Gasteiger partial charge in [0.2, 0.25) is 0 Å². The molecule has 4 nitrogen and oxygen atoms in total. The molecule has 0 saturated carbocycles. The fraction of sp³-hybridized carbons (Fsp3) is 0.412. The first kappa shape index (κ1) is 16.5. The average Bonchev–Trinajstić information content (AvgIpc) is 2.89. The van der Waals surface area contributed by atoms with Crippen LogP contribution in [0.5, 0.6) is 0 Å². The Labute approximate surface area is 148 Å². The van der Waals surface area contributed by atoms with Gasteiger partial charge in [0.25, 0.3) is 0 Å². The molecule has 0 unspecified atom stereocenters. The lowest BCUT2D eigenvalue weighted by Crippen LogP contribution is -2.39. The van der Waals surface area contributed by atoms with Crippen molar-refractivity contribution in [2.75, 3.05) is 6.54 Å². The Bertz CT molecular complexity index is 719. The molecule has 2 heterocycles. The highest BCUT2D eigenvalue weighted by Crippen LogP contribution is 2.32. The number of fused-ring (bicyclic) bond motifs is 1. The van der Waals surface area contributed by atoms with E-state index in [1.165, 1.54) is 4.88 Å². The monoisotopic (exact) mass is 394 g/mol. The molecule has 1 aromatic heterocycles. The number of hydrogen-bond acceptors (Lipinski definition) is 4. The molecule has 0 atom stereocenters. The molecule has 0 saturated heterocycles. The van der Waals surface area contributed by atoms with Gasteiger partial charge in [0.15, 0.2) is 0 Å². The number of ether oxygens (including phenoxy) is 1. The van der Waals surface area contributed by atoms with Gasteiger partial charge in [-0.1, -0.05) is 28.1 Å². The van der Waals surface area contributed by atoms with Crippen molar-refractivity contribution in [2.45, 2.75) is 39.3 Å². The SMILES string of the molecule is CC(C)(C)OC(=O)N1CCc2sc(-c3ccc(Br)cc3)nc2C1. The number of halogens is 1. The van der Waals surface area contributed by atoms with Crippen LogP contribution in [0, 0.1) is 0 Å². The van der Waals surface area contributed by atoms with E-state index in [0.29, 0.717) is 13.1 Å². The summed E-state index contributed by atoms with van der Waals surface area (Å²) in [6.07, 6.45) is 0.573. The van der Waals surface area contributed by atoms with Crippen LogP contribution in [0.4, 0.5) is 4.79 Å². The standard InChI is InChI=1S/C17H19BrN2O2S/c1-17(2,3)22-16(21)20-9-8-14-13(10-20)19-15(23-14)11-4-6-12(18)7-5-11/h4-7H,8-10H2,1-3H3. The van der Waals surface area contributed by atoms with Crippen LogP contribution in [0.1, 0.15) is 31.3 Å². The van der Waals surface area contributed by atoms with Crippen LogP contribution in [-0.4, -0.2) is 28.1 Å². The maximum Gasteiger partial charge on any atom is 0.410 e. The largest absolute Gasteiger partial charge is 0.444 e. The third kappa shape index (κ3) is 3.93. The number of nitrogens with zero attached hydrogens (tertiary/aromatic N) is 2. The van der Waals surface area contributed by atoms with Crippen LogP contribution in [-0.2, 0) is 17.7 Å². The van der Waals surface area contributed by atoms with E-state index in [2.05, 4.69) is 28.1 Å². The van der Waals surface area contributed by atoms with E-state index in [9.17, 15) is 4.79 Å². The molecule has 122 valence electrons. The summed E-state index contributed by atoms with van der Waals surface area (Å²) in [5.41, 5.74) is 1.63. The second kappa shape index (κ2) is 6.24. The zero-order valence-electron chi connectivity index (χ0n) is 13.4. The molecule has 0 radical (unpaired) electrons. The van der Waals surface area contributed by atoms with Gasteiger partial charge < -0.3 is 9.64 Å². The predicted octanol–water partition coefficient (Wildman–Crippen LogP) is 4.87. The van der Waals surface area contributed by atoms with Gasteiger partial charge in [0.1, 0.15) is 10.6 Å². The number of hydrogen-bond donors (Lipinski definition) is 0. The normalized spacial score (nSPS) is 14.5. The quantitative estimate of drug-likeness (QED) is 0.692. The van der Waals surface area contributed by atoms with Gasteiger partial charge in [-0.05, 0) is 32.9 Å². The third-order valence-electron chi connectivity index (χ3n) is 3.47. The van der Waals surface area contributed by atoms with Crippen molar-refractivity contribution >= 4 is 33.4 Å². The molecule has 1 aromatic carbocycles. The zero-order chi connectivity index (χ0) is 16.6. The first-order valence-corrected chi connectivity index (χ1v) is 9.15. The van der Waals surface area contributed by atoms with Gasteiger partial charge in [-0.15, -0.1) is 11.3 Å². The molecule has 0 N–H and O–H groups in total. The molecule has 0 fully saturated rings. The van der Waals surface area contributed by atoms with Crippen molar-refractivity contribution in [2.24, 2.45) is 0 Å². The highest BCUT2D eigenvalue weighted by atomic mass is 79.9. The molecule has 1 aliphatic heterocycles. The van der Waals surface area contributed by atoms with Gasteiger partial charge >= 0.3 is 6.09 Å². The molecule has 1 amide bonds. The van der Waals surface area contributed by atoms with Crippen molar-refractivity contribution in [3.05, 3.63) is 39.3 Å². The first-order chi connectivity index (χ1) is 10.8. The van der Waals surface area contributed by atoms with E-state index in [-0.39, 0.29) is 6.09 Å². The second-order valence-corrected chi connectivity index (χ2v) is 8.55.